The van der Waals surface area contributed by atoms with Crippen LogP contribution >= 0.6 is 15.9 Å². The molecule has 1 amide bonds. The Labute approximate surface area is 187 Å². The summed E-state index contributed by atoms with van der Waals surface area (Å²) in [5, 5.41) is 0. The topological polar surface area (TPSA) is 58.2 Å². The highest BCUT2D eigenvalue weighted by atomic mass is 79.9. The van der Waals surface area contributed by atoms with E-state index in [2.05, 4.69) is 25.9 Å². The fourth-order valence-corrected chi connectivity index (χ4v) is 4.50. The number of rotatable bonds is 3. The largest absolute Gasteiger partial charge is 0.444 e. The van der Waals surface area contributed by atoms with E-state index in [-0.39, 0.29) is 17.4 Å². The van der Waals surface area contributed by atoms with E-state index in [1.54, 1.807) is 49.9 Å². The van der Waals surface area contributed by atoms with E-state index in [1.165, 1.54) is 0 Å². The fraction of sp³-hybridized carbons (Fsp3) is 0.545. The molecule has 5 nitrogen and oxygen atoms in total. The van der Waals surface area contributed by atoms with Crippen molar-refractivity contribution in [3.63, 3.8) is 0 Å². The van der Waals surface area contributed by atoms with Gasteiger partial charge in [0.25, 0.3) is 0 Å². The minimum absolute atomic E-state index is 0.00637. The van der Waals surface area contributed by atoms with Crippen LogP contribution in [0.1, 0.15) is 57.6 Å². The Morgan fingerprint density at radius 1 is 1.23 bits per heavy atom. The fourth-order valence-electron chi connectivity index (χ4n) is 4.23. The van der Waals surface area contributed by atoms with Crippen LogP contribution in [0.5, 0.6) is 0 Å². The van der Waals surface area contributed by atoms with Crippen LogP contribution in [0.2, 0.25) is 0 Å². The molecule has 0 spiro atoms. The lowest BCUT2D eigenvalue weighted by molar-refractivity contribution is -0.127. The number of piperidine rings is 1. The van der Waals surface area contributed by atoms with Gasteiger partial charge in [0, 0.05) is 16.1 Å². The van der Waals surface area contributed by atoms with Gasteiger partial charge in [-0.25, -0.2) is 9.78 Å². The van der Waals surface area contributed by atoms with Crippen molar-refractivity contribution in [2.75, 3.05) is 0 Å². The molecular weight excluding hydrogens is 475 g/mol. The van der Waals surface area contributed by atoms with Gasteiger partial charge in [0.1, 0.15) is 11.4 Å². The first-order valence-corrected chi connectivity index (χ1v) is 11.1. The molecule has 3 atom stereocenters. The summed E-state index contributed by atoms with van der Waals surface area (Å²) in [6.07, 6.45) is -3.49. The molecule has 0 radical (unpaired) electrons. The Bertz CT molecular complexity index is 966. The SMILES string of the molecule is CC(C)(C)OC(=O)N1[C@@H]2C[C@@H]2CC[C@H]1c1nc(-c2ccc(Br)cc2)c(CC(F)(F)F)[nH]1. The van der Waals surface area contributed by atoms with Gasteiger partial charge >= 0.3 is 12.3 Å². The predicted octanol–water partition coefficient (Wildman–Crippen LogP) is 6.40. The van der Waals surface area contributed by atoms with Crippen molar-refractivity contribution in [3.8, 4) is 11.3 Å². The lowest BCUT2D eigenvalue weighted by atomic mass is 10.0. The van der Waals surface area contributed by atoms with Crippen LogP contribution in [0, 0.1) is 5.92 Å². The molecule has 1 aliphatic carbocycles. The zero-order chi connectivity index (χ0) is 22.6. The zero-order valence-corrected chi connectivity index (χ0v) is 19.2. The molecule has 0 unspecified atom stereocenters. The maximum Gasteiger partial charge on any atom is 0.411 e. The number of benzene rings is 1. The highest BCUT2D eigenvalue weighted by molar-refractivity contribution is 9.10. The van der Waals surface area contributed by atoms with Crippen LogP contribution in [-0.4, -0.2) is 38.8 Å². The van der Waals surface area contributed by atoms with Gasteiger partial charge in [-0.1, -0.05) is 28.1 Å². The molecule has 1 aromatic carbocycles. The van der Waals surface area contributed by atoms with E-state index in [1.807, 2.05) is 0 Å². The van der Waals surface area contributed by atoms with Gasteiger partial charge in [0.05, 0.1) is 23.9 Å². The number of aromatic amines is 1. The number of hydrogen-bond acceptors (Lipinski definition) is 3. The number of likely N-dealkylation sites (tertiary alicyclic amines) is 1. The second-order valence-electron chi connectivity index (χ2n) is 9.29. The summed E-state index contributed by atoms with van der Waals surface area (Å²) in [5.41, 5.74) is 0.207. The lowest BCUT2D eigenvalue weighted by Gasteiger charge is -2.35. The number of carbonyl (C=O) groups excluding carboxylic acids is 1. The van der Waals surface area contributed by atoms with Crippen LogP contribution in [0.25, 0.3) is 11.3 Å². The molecular formula is C22H25BrF3N3O2. The van der Waals surface area contributed by atoms with Gasteiger partial charge in [-0.2, -0.15) is 13.2 Å². The number of nitrogens with one attached hydrogen (secondary N) is 1. The summed E-state index contributed by atoms with van der Waals surface area (Å²) in [7, 11) is 0. The van der Waals surface area contributed by atoms with Gasteiger partial charge in [0.2, 0.25) is 0 Å². The summed E-state index contributed by atoms with van der Waals surface area (Å²) < 4.78 is 46.2. The van der Waals surface area contributed by atoms with Crippen molar-refractivity contribution < 1.29 is 22.7 Å². The van der Waals surface area contributed by atoms with Gasteiger partial charge in [-0.05, 0) is 58.1 Å². The maximum atomic E-state index is 13.3. The van der Waals surface area contributed by atoms with Crippen molar-refractivity contribution in [1.29, 1.82) is 0 Å². The number of amides is 1. The van der Waals surface area contributed by atoms with Gasteiger partial charge < -0.3 is 9.72 Å². The number of hydrogen-bond donors (Lipinski definition) is 1. The first-order valence-electron chi connectivity index (χ1n) is 10.3. The first-order chi connectivity index (χ1) is 14.4. The van der Waals surface area contributed by atoms with E-state index in [9.17, 15) is 18.0 Å². The number of fused-ring (bicyclic) bond motifs is 1. The number of halogens is 4. The predicted molar refractivity (Wildman–Crippen MR) is 113 cm³/mol. The third-order valence-corrected chi connectivity index (χ3v) is 6.13. The molecule has 2 aliphatic rings. The highest BCUT2D eigenvalue weighted by Crippen LogP contribution is 2.50. The molecule has 31 heavy (non-hydrogen) atoms. The minimum Gasteiger partial charge on any atom is -0.444 e. The number of aromatic nitrogens is 2. The summed E-state index contributed by atoms with van der Waals surface area (Å²) in [5.74, 6) is 0.813. The van der Waals surface area contributed by atoms with Gasteiger partial charge in [-0.15, -0.1) is 0 Å². The van der Waals surface area contributed by atoms with E-state index in [0.717, 1.165) is 17.3 Å². The molecule has 1 saturated heterocycles. The Hall–Kier alpha value is -2.03. The molecule has 1 saturated carbocycles. The quantitative estimate of drug-likeness (QED) is 0.531. The van der Waals surface area contributed by atoms with Gasteiger partial charge in [-0.3, -0.25) is 4.90 Å². The van der Waals surface area contributed by atoms with Crippen molar-refractivity contribution in [1.82, 2.24) is 14.9 Å². The van der Waals surface area contributed by atoms with E-state index < -0.39 is 30.3 Å². The number of nitrogens with zero attached hydrogens (tertiary/aromatic N) is 2. The second kappa shape index (κ2) is 7.83. The average molecular weight is 500 g/mol. The molecule has 2 aromatic rings. The van der Waals surface area contributed by atoms with Crippen LogP contribution in [0.3, 0.4) is 0 Å². The number of H-pyrrole nitrogens is 1. The van der Waals surface area contributed by atoms with Crippen molar-refractivity contribution in [2.45, 2.75) is 70.3 Å². The molecule has 1 N–H and O–H groups in total. The Morgan fingerprint density at radius 3 is 2.52 bits per heavy atom. The number of alkyl halides is 3. The number of imidazole rings is 1. The normalized spacial score (nSPS) is 23.5. The number of carbonyl (C=O) groups is 1. The second-order valence-corrected chi connectivity index (χ2v) is 10.2. The van der Waals surface area contributed by atoms with Gasteiger partial charge in [0.15, 0.2) is 0 Å². The Balaban J connectivity index is 1.71. The average Bonchev–Trinajstić information content (AvgIpc) is 3.31. The summed E-state index contributed by atoms with van der Waals surface area (Å²) in [6, 6.07) is 6.61. The lowest BCUT2D eigenvalue weighted by Crippen LogP contribution is -2.43. The molecule has 1 aromatic heterocycles. The van der Waals surface area contributed by atoms with Crippen LogP contribution < -0.4 is 0 Å². The Kier molecular flexibility index (Phi) is 5.60. The summed E-state index contributed by atoms with van der Waals surface area (Å²) >= 11 is 3.35. The molecule has 2 fully saturated rings. The molecule has 1 aliphatic heterocycles. The van der Waals surface area contributed by atoms with Crippen LogP contribution in [0.4, 0.5) is 18.0 Å². The monoisotopic (exact) mass is 499 g/mol. The van der Waals surface area contributed by atoms with E-state index >= 15 is 0 Å². The number of ether oxygens (including phenoxy) is 1. The standard InChI is InChI=1S/C22H25BrF3N3O2/c1-21(2,3)31-20(30)29-16(9-6-13-10-17(13)29)19-27-15(11-22(24,25)26)18(28-19)12-4-7-14(23)8-5-12/h4-5,7-8,13,16-17H,6,9-11H2,1-3H3,(H,27,28)/t13-,16-,17+/m0/s1. The van der Waals surface area contributed by atoms with Crippen molar-refractivity contribution in [3.05, 3.63) is 40.3 Å². The van der Waals surface area contributed by atoms with E-state index in [0.29, 0.717) is 23.7 Å². The molecule has 168 valence electrons. The summed E-state index contributed by atoms with van der Waals surface area (Å²) in [6.45, 7) is 5.40. The molecule has 0 bridgehead atoms. The van der Waals surface area contributed by atoms with E-state index in [4.69, 9.17) is 4.74 Å². The van der Waals surface area contributed by atoms with Crippen LogP contribution in [-0.2, 0) is 11.2 Å². The van der Waals surface area contributed by atoms with Crippen molar-refractivity contribution in [2.24, 2.45) is 5.92 Å². The zero-order valence-electron chi connectivity index (χ0n) is 17.6. The molecule has 9 heteroatoms. The van der Waals surface area contributed by atoms with Crippen molar-refractivity contribution >= 4 is 22.0 Å². The smallest absolute Gasteiger partial charge is 0.411 e. The maximum absolute atomic E-state index is 13.3. The molecule has 2 heterocycles. The Morgan fingerprint density at radius 2 is 1.90 bits per heavy atom. The van der Waals surface area contributed by atoms with Crippen LogP contribution in [0.15, 0.2) is 28.7 Å². The summed E-state index contributed by atoms with van der Waals surface area (Å²) in [4.78, 5) is 22.1. The third-order valence-electron chi connectivity index (χ3n) is 5.60. The first kappa shape index (κ1) is 22.2. The highest BCUT2D eigenvalue weighted by Gasteiger charge is 2.52. The minimum atomic E-state index is -4.38. The third kappa shape index (κ3) is 5.07. The molecule has 4 rings (SSSR count).